The van der Waals surface area contributed by atoms with Crippen molar-refractivity contribution in [3.05, 3.63) is 30.1 Å². The summed E-state index contributed by atoms with van der Waals surface area (Å²) in [5, 5.41) is 7.64. The van der Waals surface area contributed by atoms with Crippen LogP contribution in [0.3, 0.4) is 0 Å². The zero-order valence-electron chi connectivity index (χ0n) is 9.25. The summed E-state index contributed by atoms with van der Waals surface area (Å²) in [7, 11) is 3.97. The van der Waals surface area contributed by atoms with E-state index in [0.29, 0.717) is 6.04 Å². The maximum absolute atomic E-state index is 4.34. The minimum atomic E-state index is 0.374. The molecule has 1 atom stereocenters. The van der Waals surface area contributed by atoms with Gasteiger partial charge in [0.15, 0.2) is 0 Å². The molecule has 0 bridgehead atoms. The fraction of sp³-hybridized carbons (Fsp3) is 0.545. The number of hydrogen-bond acceptors (Lipinski definition) is 2. The maximum atomic E-state index is 4.34. The molecule has 0 spiro atoms. The van der Waals surface area contributed by atoms with Gasteiger partial charge in [-0.25, -0.2) is 0 Å². The molecule has 0 aliphatic heterocycles. The molecule has 1 aromatic rings. The molecule has 1 unspecified atom stereocenters. The Hall–Kier alpha value is -1.09. The summed E-state index contributed by atoms with van der Waals surface area (Å²) in [4.78, 5) is 0. The van der Waals surface area contributed by atoms with Crippen molar-refractivity contribution in [2.75, 3.05) is 7.05 Å². The summed E-state index contributed by atoms with van der Waals surface area (Å²) in [5.41, 5.74) is 2.31. The molecule has 0 saturated carbocycles. The molecule has 0 aliphatic rings. The number of rotatable bonds is 5. The van der Waals surface area contributed by atoms with Crippen molar-refractivity contribution in [1.29, 1.82) is 0 Å². The van der Waals surface area contributed by atoms with Gasteiger partial charge >= 0.3 is 0 Å². The highest BCUT2D eigenvalue weighted by Gasteiger charge is 2.12. The Bertz CT molecular complexity index is 301. The number of hydrogen-bond donors (Lipinski definition) is 1. The molecule has 1 heterocycles. The summed E-state index contributed by atoms with van der Waals surface area (Å²) in [6.07, 6.45) is 4.04. The first kappa shape index (κ1) is 11.0. The maximum Gasteiger partial charge on any atom is 0.0597 e. The van der Waals surface area contributed by atoms with Gasteiger partial charge < -0.3 is 5.32 Å². The SMILES string of the molecule is C=CCCC(NC)c1cc(C)nn1C. The molecule has 0 aliphatic carbocycles. The quantitative estimate of drug-likeness (QED) is 0.724. The Kier molecular flexibility index (Phi) is 3.89. The molecule has 78 valence electrons. The van der Waals surface area contributed by atoms with Gasteiger partial charge in [0.05, 0.1) is 11.4 Å². The molecule has 0 aromatic carbocycles. The van der Waals surface area contributed by atoms with Gasteiger partial charge in [-0.2, -0.15) is 5.10 Å². The van der Waals surface area contributed by atoms with Crippen LogP contribution in [0.15, 0.2) is 18.7 Å². The molecule has 14 heavy (non-hydrogen) atoms. The van der Waals surface area contributed by atoms with E-state index < -0.39 is 0 Å². The third-order valence-electron chi connectivity index (χ3n) is 2.40. The van der Waals surface area contributed by atoms with Gasteiger partial charge in [0.1, 0.15) is 0 Å². The van der Waals surface area contributed by atoms with E-state index in [1.54, 1.807) is 0 Å². The van der Waals surface area contributed by atoms with Gasteiger partial charge in [0.25, 0.3) is 0 Å². The Balaban J connectivity index is 2.77. The molecule has 0 fully saturated rings. The summed E-state index contributed by atoms with van der Waals surface area (Å²) in [6, 6.07) is 2.50. The Morgan fingerprint density at radius 3 is 2.86 bits per heavy atom. The van der Waals surface area contributed by atoms with E-state index in [1.807, 2.05) is 31.8 Å². The summed E-state index contributed by atoms with van der Waals surface area (Å²) in [5.74, 6) is 0. The zero-order valence-corrected chi connectivity index (χ0v) is 9.25. The van der Waals surface area contributed by atoms with Gasteiger partial charge in [0.2, 0.25) is 0 Å². The standard InChI is InChI=1S/C11H19N3/c1-5-6-7-10(12-3)11-8-9(2)13-14(11)4/h5,8,10,12H,1,6-7H2,2-4H3. The first-order chi connectivity index (χ1) is 6.69. The highest BCUT2D eigenvalue weighted by molar-refractivity contribution is 5.13. The predicted octanol–water partition coefficient (Wildman–Crippen LogP) is 1.96. The van der Waals surface area contributed by atoms with E-state index in [2.05, 4.69) is 23.1 Å². The smallest absolute Gasteiger partial charge is 0.0597 e. The van der Waals surface area contributed by atoms with Crippen LogP contribution >= 0.6 is 0 Å². The fourth-order valence-electron chi connectivity index (χ4n) is 1.68. The molecular weight excluding hydrogens is 174 g/mol. The van der Waals surface area contributed by atoms with Crippen molar-refractivity contribution >= 4 is 0 Å². The van der Waals surface area contributed by atoms with Crippen molar-refractivity contribution in [2.24, 2.45) is 7.05 Å². The van der Waals surface area contributed by atoms with E-state index in [-0.39, 0.29) is 0 Å². The van der Waals surface area contributed by atoms with E-state index in [0.717, 1.165) is 18.5 Å². The predicted molar refractivity (Wildman–Crippen MR) is 59.2 cm³/mol. The minimum Gasteiger partial charge on any atom is -0.312 e. The zero-order chi connectivity index (χ0) is 10.6. The van der Waals surface area contributed by atoms with Crippen LogP contribution in [0.4, 0.5) is 0 Å². The number of allylic oxidation sites excluding steroid dienone is 1. The Labute approximate surface area is 85.8 Å². The van der Waals surface area contributed by atoms with Gasteiger partial charge in [-0.3, -0.25) is 4.68 Å². The van der Waals surface area contributed by atoms with Crippen LogP contribution in [0.1, 0.15) is 30.3 Å². The number of aryl methyl sites for hydroxylation is 2. The van der Waals surface area contributed by atoms with Crippen molar-refractivity contribution in [2.45, 2.75) is 25.8 Å². The van der Waals surface area contributed by atoms with E-state index in [4.69, 9.17) is 0 Å². The first-order valence-electron chi connectivity index (χ1n) is 4.97. The van der Waals surface area contributed by atoms with E-state index >= 15 is 0 Å². The minimum absolute atomic E-state index is 0.374. The summed E-state index contributed by atoms with van der Waals surface area (Å²) < 4.78 is 1.94. The molecule has 1 aromatic heterocycles. The monoisotopic (exact) mass is 193 g/mol. The second kappa shape index (κ2) is 4.96. The van der Waals surface area contributed by atoms with Crippen molar-refractivity contribution in [3.8, 4) is 0 Å². The van der Waals surface area contributed by atoms with Gasteiger partial charge in [-0.15, -0.1) is 6.58 Å². The number of nitrogens with zero attached hydrogens (tertiary/aromatic N) is 2. The topological polar surface area (TPSA) is 29.9 Å². The van der Waals surface area contributed by atoms with Crippen LogP contribution in [0.25, 0.3) is 0 Å². The molecule has 1 N–H and O–H groups in total. The lowest BCUT2D eigenvalue weighted by Gasteiger charge is -2.15. The van der Waals surface area contributed by atoms with E-state index in [9.17, 15) is 0 Å². The highest BCUT2D eigenvalue weighted by Crippen LogP contribution is 2.18. The molecule has 3 heteroatoms. The largest absolute Gasteiger partial charge is 0.312 e. The van der Waals surface area contributed by atoms with Gasteiger partial charge in [-0.1, -0.05) is 6.08 Å². The van der Waals surface area contributed by atoms with Crippen molar-refractivity contribution in [1.82, 2.24) is 15.1 Å². The average Bonchev–Trinajstić information content (AvgIpc) is 2.47. The van der Waals surface area contributed by atoms with E-state index in [1.165, 1.54) is 5.69 Å². The molecule has 0 radical (unpaired) electrons. The second-order valence-corrected chi connectivity index (χ2v) is 3.54. The normalized spacial score (nSPS) is 12.8. The Morgan fingerprint density at radius 2 is 2.43 bits per heavy atom. The average molecular weight is 193 g/mol. The number of aromatic nitrogens is 2. The summed E-state index contributed by atoms with van der Waals surface area (Å²) >= 11 is 0. The van der Waals surface area contributed by atoms with Crippen LogP contribution in [0.5, 0.6) is 0 Å². The lowest BCUT2D eigenvalue weighted by atomic mass is 10.1. The Morgan fingerprint density at radius 1 is 1.71 bits per heavy atom. The molecule has 1 rings (SSSR count). The molecular formula is C11H19N3. The highest BCUT2D eigenvalue weighted by atomic mass is 15.3. The van der Waals surface area contributed by atoms with Crippen LogP contribution in [0, 0.1) is 6.92 Å². The van der Waals surface area contributed by atoms with Crippen LogP contribution in [-0.4, -0.2) is 16.8 Å². The number of nitrogens with one attached hydrogen (secondary N) is 1. The lowest BCUT2D eigenvalue weighted by molar-refractivity contribution is 0.510. The third-order valence-corrected chi connectivity index (χ3v) is 2.40. The molecule has 0 saturated heterocycles. The van der Waals surface area contributed by atoms with Gasteiger partial charge in [-0.05, 0) is 32.9 Å². The fourth-order valence-corrected chi connectivity index (χ4v) is 1.68. The first-order valence-corrected chi connectivity index (χ1v) is 4.97. The third kappa shape index (κ3) is 2.45. The van der Waals surface area contributed by atoms with Crippen LogP contribution in [0.2, 0.25) is 0 Å². The van der Waals surface area contributed by atoms with Crippen molar-refractivity contribution in [3.63, 3.8) is 0 Å². The summed E-state index contributed by atoms with van der Waals surface area (Å²) in [6.45, 7) is 5.76. The van der Waals surface area contributed by atoms with Crippen LogP contribution in [-0.2, 0) is 7.05 Å². The molecule has 0 amide bonds. The van der Waals surface area contributed by atoms with Crippen molar-refractivity contribution < 1.29 is 0 Å². The molecule has 3 nitrogen and oxygen atoms in total. The lowest BCUT2D eigenvalue weighted by Crippen LogP contribution is -2.19. The second-order valence-electron chi connectivity index (χ2n) is 3.54. The van der Waals surface area contributed by atoms with Crippen LogP contribution < -0.4 is 5.32 Å². The van der Waals surface area contributed by atoms with Gasteiger partial charge in [0, 0.05) is 13.1 Å².